The first-order valence-corrected chi connectivity index (χ1v) is 10.0. The zero-order valence-electron chi connectivity index (χ0n) is 14.7. The Balaban J connectivity index is 1.89. The van der Waals surface area contributed by atoms with Crippen molar-refractivity contribution in [2.75, 3.05) is 0 Å². The minimum absolute atomic E-state index is 0.0208. The standard InChI is InChI=1S/C19H22ClN3O2S/c1-3-10-23-18(25)15-9-8-13(20)11-16(15)22-19(23)26-12(2)17(24)21-14-6-4-5-7-14/h3,8-9,11-12,14H,1,4-7,10H2,2H3,(H,21,24). The van der Waals surface area contributed by atoms with Gasteiger partial charge in [0.05, 0.1) is 16.2 Å². The van der Waals surface area contributed by atoms with Crippen LogP contribution in [0.25, 0.3) is 10.9 Å². The molecule has 1 saturated carbocycles. The van der Waals surface area contributed by atoms with Gasteiger partial charge in [-0.2, -0.15) is 0 Å². The van der Waals surface area contributed by atoms with E-state index in [1.807, 2.05) is 6.92 Å². The number of aromatic nitrogens is 2. The minimum Gasteiger partial charge on any atom is -0.352 e. The largest absolute Gasteiger partial charge is 0.352 e. The molecular formula is C19H22ClN3O2S. The Bertz CT molecular complexity index is 890. The van der Waals surface area contributed by atoms with Crippen molar-refractivity contribution in [1.29, 1.82) is 0 Å². The van der Waals surface area contributed by atoms with E-state index in [1.165, 1.54) is 24.6 Å². The van der Waals surface area contributed by atoms with Gasteiger partial charge in [0.15, 0.2) is 5.16 Å². The quantitative estimate of drug-likeness (QED) is 0.462. The van der Waals surface area contributed by atoms with E-state index in [0.717, 1.165) is 12.8 Å². The van der Waals surface area contributed by atoms with Crippen molar-refractivity contribution in [3.63, 3.8) is 0 Å². The van der Waals surface area contributed by atoms with Gasteiger partial charge in [0.2, 0.25) is 5.91 Å². The lowest BCUT2D eigenvalue weighted by Crippen LogP contribution is -2.38. The molecule has 5 nitrogen and oxygen atoms in total. The van der Waals surface area contributed by atoms with E-state index >= 15 is 0 Å². The molecule has 7 heteroatoms. The number of thioether (sulfide) groups is 1. The number of benzene rings is 1. The zero-order chi connectivity index (χ0) is 18.7. The fourth-order valence-electron chi connectivity index (χ4n) is 3.15. The first-order valence-electron chi connectivity index (χ1n) is 8.77. The monoisotopic (exact) mass is 391 g/mol. The van der Waals surface area contributed by atoms with E-state index in [1.54, 1.807) is 28.8 Å². The van der Waals surface area contributed by atoms with Crippen LogP contribution in [0.1, 0.15) is 32.6 Å². The van der Waals surface area contributed by atoms with Gasteiger partial charge in [0, 0.05) is 17.6 Å². The molecular weight excluding hydrogens is 370 g/mol. The minimum atomic E-state index is -0.352. The average molecular weight is 392 g/mol. The Labute approximate surface area is 161 Å². The lowest BCUT2D eigenvalue weighted by molar-refractivity contribution is -0.120. The maximum Gasteiger partial charge on any atom is 0.262 e. The van der Waals surface area contributed by atoms with E-state index < -0.39 is 0 Å². The highest BCUT2D eigenvalue weighted by molar-refractivity contribution is 8.00. The first kappa shape index (κ1) is 19.0. The normalized spacial score (nSPS) is 15.9. The van der Waals surface area contributed by atoms with Crippen LogP contribution in [-0.4, -0.2) is 26.8 Å². The highest BCUT2D eigenvalue weighted by Gasteiger charge is 2.23. The Morgan fingerprint density at radius 1 is 1.50 bits per heavy atom. The maximum atomic E-state index is 12.8. The van der Waals surface area contributed by atoms with Crippen molar-refractivity contribution in [3.8, 4) is 0 Å². The summed E-state index contributed by atoms with van der Waals surface area (Å²) in [6.07, 6.45) is 6.06. The Morgan fingerprint density at radius 2 is 2.23 bits per heavy atom. The molecule has 1 aromatic heterocycles. The second-order valence-corrected chi connectivity index (χ2v) is 8.25. The van der Waals surface area contributed by atoms with Crippen molar-refractivity contribution >= 4 is 40.2 Å². The summed E-state index contributed by atoms with van der Waals surface area (Å²) in [5.74, 6) is -0.0208. The number of hydrogen-bond acceptors (Lipinski definition) is 4. The summed E-state index contributed by atoms with van der Waals surface area (Å²) < 4.78 is 1.55. The van der Waals surface area contributed by atoms with Crippen molar-refractivity contribution in [2.45, 2.75) is 55.6 Å². The zero-order valence-corrected chi connectivity index (χ0v) is 16.3. The molecule has 0 bridgehead atoms. The van der Waals surface area contributed by atoms with Crippen molar-refractivity contribution in [2.24, 2.45) is 0 Å². The molecule has 1 unspecified atom stereocenters. The molecule has 0 spiro atoms. The molecule has 1 aliphatic carbocycles. The SMILES string of the molecule is C=CCn1c(SC(C)C(=O)NC2CCCC2)nc2cc(Cl)ccc2c1=O. The smallest absolute Gasteiger partial charge is 0.262 e. The van der Waals surface area contributed by atoms with Gasteiger partial charge in [-0.05, 0) is 38.0 Å². The summed E-state index contributed by atoms with van der Waals surface area (Å²) in [6, 6.07) is 5.29. The third-order valence-corrected chi connectivity index (χ3v) is 5.87. The number of halogens is 1. The second-order valence-electron chi connectivity index (χ2n) is 6.51. The van der Waals surface area contributed by atoms with Crippen LogP contribution in [0.5, 0.6) is 0 Å². The van der Waals surface area contributed by atoms with E-state index in [2.05, 4.69) is 16.9 Å². The predicted octanol–water partition coefficient (Wildman–Crippen LogP) is 3.78. The van der Waals surface area contributed by atoms with Gasteiger partial charge >= 0.3 is 0 Å². The Hall–Kier alpha value is -1.79. The number of carbonyl (C=O) groups is 1. The van der Waals surface area contributed by atoms with Crippen LogP contribution in [0.4, 0.5) is 0 Å². The van der Waals surface area contributed by atoms with Crippen LogP contribution in [0.15, 0.2) is 40.8 Å². The number of fused-ring (bicyclic) bond motifs is 1. The van der Waals surface area contributed by atoms with Gasteiger partial charge in [0.1, 0.15) is 0 Å². The molecule has 0 saturated heterocycles. The molecule has 0 radical (unpaired) electrons. The van der Waals surface area contributed by atoms with E-state index in [4.69, 9.17) is 11.6 Å². The highest BCUT2D eigenvalue weighted by atomic mass is 35.5. The average Bonchev–Trinajstić information content (AvgIpc) is 3.11. The topological polar surface area (TPSA) is 64.0 Å². The van der Waals surface area contributed by atoms with E-state index in [0.29, 0.717) is 27.6 Å². The lowest BCUT2D eigenvalue weighted by atomic mass is 10.2. The van der Waals surface area contributed by atoms with Gasteiger partial charge in [-0.3, -0.25) is 14.2 Å². The van der Waals surface area contributed by atoms with Gasteiger partial charge in [-0.25, -0.2) is 4.98 Å². The number of carbonyl (C=O) groups excluding carboxylic acids is 1. The predicted molar refractivity (Wildman–Crippen MR) is 107 cm³/mol. The summed E-state index contributed by atoms with van der Waals surface area (Å²) in [7, 11) is 0. The van der Waals surface area contributed by atoms with Crippen molar-refractivity contribution in [1.82, 2.24) is 14.9 Å². The van der Waals surface area contributed by atoms with Gasteiger partial charge in [-0.1, -0.05) is 42.3 Å². The van der Waals surface area contributed by atoms with Crippen LogP contribution in [0, 0.1) is 0 Å². The van der Waals surface area contributed by atoms with Gasteiger partial charge in [0.25, 0.3) is 5.56 Å². The molecule has 0 aliphatic heterocycles. The molecule has 1 atom stereocenters. The summed E-state index contributed by atoms with van der Waals surface area (Å²) in [6.45, 7) is 5.89. The van der Waals surface area contributed by atoms with E-state index in [-0.39, 0.29) is 22.8 Å². The molecule has 2 aromatic rings. The number of allylic oxidation sites excluding steroid dienone is 1. The van der Waals surface area contributed by atoms with Crippen LogP contribution in [0.3, 0.4) is 0 Å². The molecule has 26 heavy (non-hydrogen) atoms. The van der Waals surface area contributed by atoms with Crippen LogP contribution < -0.4 is 10.9 Å². The van der Waals surface area contributed by atoms with Crippen molar-refractivity contribution in [3.05, 3.63) is 46.2 Å². The van der Waals surface area contributed by atoms with Crippen LogP contribution in [0.2, 0.25) is 5.02 Å². The number of nitrogens with zero attached hydrogens (tertiary/aromatic N) is 2. The second kappa shape index (κ2) is 8.27. The molecule has 3 rings (SSSR count). The van der Waals surface area contributed by atoms with Crippen LogP contribution >= 0.6 is 23.4 Å². The fourth-order valence-corrected chi connectivity index (χ4v) is 4.25. The highest BCUT2D eigenvalue weighted by Crippen LogP contribution is 2.25. The molecule has 1 heterocycles. The summed E-state index contributed by atoms with van der Waals surface area (Å²) in [5.41, 5.74) is 0.381. The first-order chi connectivity index (χ1) is 12.5. The lowest BCUT2D eigenvalue weighted by Gasteiger charge is -2.18. The maximum absolute atomic E-state index is 12.8. The number of amides is 1. The summed E-state index contributed by atoms with van der Waals surface area (Å²) in [5, 5.41) is 4.27. The number of nitrogens with one attached hydrogen (secondary N) is 1. The third-order valence-electron chi connectivity index (χ3n) is 4.55. The van der Waals surface area contributed by atoms with Gasteiger partial charge < -0.3 is 5.32 Å². The molecule has 138 valence electrons. The number of hydrogen-bond donors (Lipinski definition) is 1. The number of rotatable bonds is 6. The molecule has 1 N–H and O–H groups in total. The molecule has 1 amide bonds. The summed E-state index contributed by atoms with van der Waals surface area (Å²) in [4.78, 5) is 29.9. The summed E-state index contributed by atoms with van der Waals surface area (Å²) >= 11 is 7.33. The van der Waals surface area contributed by atoms with E-state index in [9.17, 15) is 9.59 Å². The Morgan fingerprint density at radius 3 is 2.92 bits per heavy atom. The molecule has 1 fully saturated rings. The van der Waals surface area contributed by atoms with Gasteiger partial charge in [-0.15, -0.1) is 6.58 Å². The third kappa shape index (κ3) is 4.13. The Kier molecular flexibility index (Phi) is 6.04. The fraction of sp³-hybridized carbons (Fsp3) is 0.421. The van der Waals surface area contributed by atoms with Crippen molar-refractivity contribution < 1.29 is 4.79 Å². The molecule has 1 aromatic carbocycles. The molecule has 1 aliphatic rings. The van der Waals surface area contributed by atoms with Crippen LogP contribution in [-0.2, 0) is 11.3 Å².